The van der Waals surface area contributed by atoms with Crippen LogP contribution >= 0.6 is 0 Å². The molecule has 0 aliphatic heterocycles. The molecule has 0 atom stereocenters. The van der Waals surface area contributed by atoms with E-state index in [-0.39, 0.29) is 5.97 Å². The van der Waals surface area contributed by atoms with Gasteiger partial charge in [0.05, 0.1) is 12.7 Å². The summed E-state index contributed by atoms with van der Waals surface area (Å²) in [4.78, 5) is 22.6. The summed E-state index contributed by atoms with van der Waals surface area (Å²) in [7, 11) is 1.39. The third kappa shape index (κ3) is 3.79. The summed E-state index contributed by atoms with van der Waals surface area (Å²) in [5.41, 5.74) is 3.63. The van der Waals surface area contributed by atoms with Crippen molar-refractivity contribution in [3.8, 4) is 0 Å². The van der Waals surface area contributed by atoms with Crippen LogP contribution in [0.3, 0.4) is 0 Å². The molecular formula is C21H21NO3. The summed E-state index contributed by atoms with van der Waals surface area (Å²) in [6, 6.07) is 15.5. The molecule has 0 radical (unpaired) electrons. The molecule has 3 aromatic rings. The van der Waals surface area contributed by atoms with Crippen LogP contribution in [0.5, 0.6) is 0 Å². The van der Waals surface area contributed by atoms with Crippen LogP contribution in [-0.2, 0) is 17.7 Å². The number of carbonyl (C=O) groups excluding carboxylic acids is 2. The van der Waals surface area contributed by atoms with Crippen LogP contribution in [-0.4, -0.2) is 23.9 Å². The maximum absolute atomic E-state index is 11.4. The van der Waals surface area contributed by atoms with Gasteiger partial charge < -0.3 is 9.30 Å². The predicted molar refractivity (Wildman–Crippen MR) is 98.0 cm³/mol. The number of aromatic nitrogens is 1. The number of esters is 1. The minimum absolute atomic E-state index is 0.308. The van der Waals surface area contributed by atoms with Crippen LogP contribution in [0.4, 0.5) is 0 Å². The Bertz CT molecular complexity index is 878. The molecule has 0 bridgehead atoms. The first-order chi connectivity index (χ1) is 12.2. The maximum atomic E-state index is 11.4. The molecule has 25 heavy (non-hydrogen) atoms. The Balaban J connectivity index is 1.57. The fraction of sp³-hybridized carbons (Fsp3) is 0.238. The molecule has 0 unspecified atom stereocenters. The lowest BCUT2D eigenvalue weighted by Gasteiger charge is -2.06. The van der Waals surface area contributed by atoms with Crippen molar-refractivity contribution < 1.29 is 14.3 Å². The van der Waals surface area contributed by atoms with E-state index >= 15 is 0 Å². The van der Waals surface area contributed by atoms with E-state index in [9.17, 15) is 9.59 Å². The van der Waals surface area contributed by atoms with Gasteiger partial charge >= 0.3 is 5.97 Å². The molecule has 0 aliphatic carbocycles. The van der Waals surface area contributed by atoms with E-state index in [1.54, 1.807) is 12.1 Å². The van der Waals surface area contributed by atoms with Gasteiger partial charge in [-0.1, -0.05) is 30.3 Å². The molecule has 3 rings (SSSR count). The number of rotatable bonds is 7. The minimum Gasteiger partial charge on any atom is -0.465 e. The highest BCUT2D eigenvalue weighted by Crippen LogP contribution is 2.20. The molecule has 0 amide bonds. The normalized spacial score (nSPS) is 10.8. The van der Waals surface area contributed by atoms with Gasteiger partial charge in [-0.15, -0.1) is 0 Å². The van der Waals surface area contributed by atoms with E-state index in [4.69, 9.17) is 4.74 Å². The summed E-state index contributed by atoms with van der Waals surface area (Å²) in [5, 5.41) is 1.01. The molecular weight excluding hydrogens is 314 g/mol. The van der Waals surface area contributed by atoms with Crippen LogP contribution in [0.1, 0.15) is 39.1 Å². The highest BCUT2D eigenvalue weighted by Gasteiger charge is 2.07. The largest absolute Gasteiger partial charge is 0.465 e. The van der Waals surface area contributed by atoms with Crippen molar-refractivity contribution in [3.05, 3.63) is 71.4 Å². The van der Waals surface area contributed by atoms with Crippen molar-refractivity contribution in [2.45, 2.75) is 25.8 Å². The summed E-state index contributed by atoms with van der Waals surface area (Å²) in [6.45, 7) is 0.884. The Morgan fingerprint density at radius 1 is 1.08 bits per heavy atom. The van der Waals surface area contributed by atoms with Crippen molar-refractivity contribution in [2.24, 2.45) is 0 Å². The van der Waals surface area contributed by atoms with Gasteiger partial charge in [0.25, 0.3) is 0 Å². The zero-order valence-corrected chi connectivity index (χ0v) is 14.3. The smallest absolute Gasteiger partial charge is 0.337 e. The lowest BCUT2D eigenvalue weighted by molar-refractivity contribution is 0.0600. The average Bonchev–Trinajstić information content (AvgIpc) is 3.03. The van der Waals surface area contributed by atoms with Crippen LogP contribution in [0.15, 0.2) is 54.7 Å². The first-order valence-corrected chi connectivity index (χ1v) is 8.43. The fourth-order valence-electron chi connectivity index (χ4n) is 3.09. The molecule has 0 aliphatic rings. The van der Waals surface area contributed by atoms with Gasteiger partial charge in [0.15, 0.2) is 6.29 Å². The number of aldehydes is 1. The number of benzene rings is 2. The number of unbranched alkanes of at least 4 members (excludes halogenated alkanes) is 1. The van der Waals surface area contributed by atoms with Crippen LogP contribution in [0.2, 0.25) is 0 Å². The van der Waals surface area contributed by atoms with Gasteiger partial charge in [0.2, 0.25) is 0 Å². The van der Waals surface area contributed by atoms with Gasteiger partial charge in [0.1, 0.15) is 0 Å². The van der Waals surface area contributed by atoms with Crippen LogP contribution in [0.25, 0.3) is 10.9 Å². The monoisotopic (exact) mass is 335 g/mol. The van der Waals surface area contributed by atoms with Crippen molar-refractivity contribution in [3.63, 3.8) is 0 Å². The summed E-state index contributed by atoms with van der Waals surface area (Å²) < 4.78 is 6.86. The van der Waals surface area contributed by atoms with Gasteiger partial charge in [-0.2, -0.15) is 0 Å². The minimum atomic E-state index is -0.308. The van der Waals surface area contributed by atoms with Crippen LogP contribution in [0, 0.1) is 0 Å². The SMILES string of the molecule is COC(=O)c1ccc(CCCCn2cc(C=O)c3ccccc32)cc1. The highest BCUT2D eigenvalue weighted by molar-refractivity contribution is 5.97. The van der Waals surface area contributed by atoms with Crippen molar-refractivity contribution in [2.75, 3.05) is 7.11 Å². The second kappa shape index (κ2) is 7.79. The molecule has 2 aromatic carbocycles. The molecule has 4 heteroatoms. The third-order valence-electron chi connectivity index (χ3n) is 4.44. The summed E-state index contributed by atoms with van der Waals surface area (Å²) in [5.74, 6) is -0.308. The highest BCUT2D eigenvalue weighted by atomic mass is 16.5. The number of fused-ring (bicyclic) bond motifs is 1. The number of aryl methyl sites for hydroxylation is 2. The lowest BCUT2D eigenvalue weighted by Crippen LogP contribution is -2.01. The number of nitrogens with zero attached hydrogens (tertiary/aromatic N) is 1. The number of hydrogen-bond donors (Lipinski definition) is 0. The number of carbonyl (C=O) groups is 2. The van der Waals surface area contributed by atoms with Gasteiger partial charge in [-0.25, -0.2) is 4.79 Å². The average molecular weight is 335 g/mol. The number of hydrogen-bond acceptors (Lipinski definition) is 3. The zero-order valence-electron chi connectivity index (χ0n) is 14.3. The second-order valence-electron chi connectivity index (χ2n) is 6.06. The van der Waals surface area contributed by atoms with Crippen molar-refractivity contribution in [1.82, 2.24) is 4.57 Å². The number of ether oxygens (including phenoxy) is 1. The molecule has 128 valence electrons. The number of para-hydroxylation sites is 1. The Hall–Kier alpha value is -2.88. The summed E-state index contributed by atoms with van der Waals surface area (Å²) in [6.07, 6.45) is 5.88. The Labute approximate surface area is 147 Å². The zero-order chi connectivity index (χ0) is 17.6. The molecule has 1 aromatic heterocycles. The predicted octanol–water partition coefficient (Wildman–Crippen LogP) is 4.26. The molecule has 0 saturated carbocycles. The van der Waals surface area contributed by atoms with E-state index in [2.05, 4.69) is 4.57 Å². The molecule has 0 spiro atoms. The topological polar surface area (TPSA) is 48.3 Å². The molecule has 1 heterocycles. The number of methoxy groups -OCH3 is 1. The first-order valence-electron chi connectivity index (χ1n) is 8.43. The maximum Gasteiger partial charge on any atom is 0.337 e. The second-order valence-corrected chi connectivity index (χ2v) is 6.06. The molecule has 4 nitrogen and oxygen atoms in total. The third-order valence-corrected chi connectivity index (χ3v) is 4.44. The molecule has 0 fully saturated rings. The van der Waals surface area contributed by atoms with E-state index in [1.807, 2.05) is 42.6 Å². The fourth-order valence-corrected chi connectivity index (χ4v) is 3.09. The molecule has 0 N–H and O–H groups in total. The first kappa shape index (κ1) is 17.0. The van der Waals surface area contributed by atoms with Gasteiger partial charge in [-0.3, -0.25) is 4.79 Å². The van der Waals surface area contributed by atoms with E-state index in [0.29, 0.717) is 5.56 Å². The molecule has 0 saturated heterocycles. The van der Waals surface area contributed by atoms with Gasteiger partial charge in [0, 0.05) is 29.2 Å². The van der Waals surface area contributed by atoms with Crippen molar-refractivity contribution >= 4 is 23.2 Å². The van der Waals surface area contributed by atoms with Gasteiger partial charge in [-0.05, 0) is 43.0 Å². The standard InChI is InChI=1S/C21H21NO3/c1-25-21(24)17-11-9-16(10-12-17)6-4-5-13-22-14-18(15-23)19-7-2-3-8-20(19)22/h2-3,7-12,14-15H,4-6,13H2,1H3. The Kier molecular flexibility index (Phi) is 5.29. The Morgan fingerprint density at radius 3 is 2.56 bits per heavy atom. The van der Waals surface area contributed by atoms with E-state index in [0.717, 1.165) is 48.6 Å². The van der Waals surface area contributed by atoms with Crippen molar-refractivity contribution in [1.29, 1.82) is 0 Å². The van der Waals surface area contributed by atoms with E-state index < -0.39 is 0 Å². The van der Waals surface area contributed by atoms with E-state index in [1.165, 1.54) is 12.7 Å². The quantitative estimate of drug-likeness (QED) is 0.368. The Morgan fingerprint density at radius 2 is 1.84 bits per heavy atom. The van der Waals surface area contributed by atoms with Crippen LogP contribution < -0.4 is 0 Å². The lowest BCUT2D eigenvalue weighted by atomic mass is 10.1. The summed E-state index contributed by atoms with van der Waals surface area (Å²) >= 11 is 0.